The van der Waals surface area contributed by atoms with Crippen LogP contribution in [0.5, 0.6) is 5.75 Å². The van der Waals surface area contributed by atoms with E-state index < -0.39 is 22.0 Å². The highest BCUT2D eigenvalue weighted by Gasteiger charge is 2.34. The number of anilines is 1. The van der Waals surface area contributed by atoms with E-state index in [1.807, 2.05) is 6.92 Å². The van der Waals surface area contributed by atoms with E-state index in [4.69, 9.17) is 4.74 Å². The molecule has 1 aromatic carbocycles. The van der Waals surface area contributed by atoms with Crippen molar-refractivity contribution in [3.05, 3.63) is 24.3 Å². The molecule has 144 valence electrons. The molecule has 1 heterocycles. The summed E-state index contributed by atoms with van der Waals surface area (Å²) >= 11 is 0. The van der Waals surface area contributed by atoms with Crippen LogP contribution in [-0.4, -0.2) is 56.5 Å². The van der Waals surface area contributed by atoms with Gasteiger partial charge in [-0.3, -0.25) is 9.59 Å². The SMILES string of the molecule is CCOc1ccc(NC(=O)CNC(=O)C2CCCCN2S(C)(=O)=O)cc1. The van der Waals surface area contributed by atoms with Crippen molar-refractivity contribution in [2.45, 2.75) is 32.2 Å². The average molecular weight is 383 g/mol. The van der Waals surface area contributed by atoms with E-state index >= 15 is 0 Å². The first-order valence-electron chi connectivity index (χ1n) is 8.58. The first-order chi connectivity index (χ1) is 12.3. The van der Waals surface area contributed by atoms with Gasteiger partial charge in [0.05, 0.1) is 19.4 Å². The zero-order valence-electron chi connectivity index (χ0n) is 15.0. The molecule has 2 amide bonds. The third kappa shape index (κ3) is 5.70. The summed E-state index contributed by atoms with van der Waals surface area (Å²) in [5, 5.41) is 5.19. The molecule has 0 radical (unpaired) electrons. The summed E-state index contributed by atoms with van der Waals surface area (Å²) < 4.78 is 30.2. The van der Waals surface area contributed by atoms with Crippen LogP contribution in [0.4, 0.5) is 5.69 Å². The van der Waals surface area contributed by atoms with Gasteiger partial charge in [0.25, 0.3) is 0 Å². The van der Waals surface area contributed by atoms with Crippen LogP contribution in [0.25, 0.3) is 0 Å². The van der Waals surface area contributed by atoms with E-state index in [1.54, 1.807) is 24.3 Å². The molecule has 0 bridgehead atoms. The third-order valence-corrected chi connectivity index (χ3v) is 5.34. The molecule has 0 aliphatic carbocycles. The van der Waals surface area contributed by atoms with Gasteiger partial charge >= 0.3 is 0 Å². The van der Waals surface area contributed by atoms with Gasteiger partial charge in [0.15, 0.2) is 0 Å². The minimum atomic E-state index is -3.46. The molecular formula is C17H25N3O5S. The van der Waals surface area contributed by atoms with Crippen LogP contribution in [0.3, 0.4) is 0 Å². The first kappa shape index (κ1) is 20.2. The topological polar surface area (TPSA) is 105 Å². The smallest absolute Gasteiger partial charge is 0.243 e. The maximum Gasteiger partial charge on any atom is 0.243 e. The lowest BCUT2D eigenvalue weighted by molar-refractivity contribution is -0.127. The number of hydrogen-bond donors (Lipinski definition) is 2. The fourth-order valence-electron chi connectivity index (χ4n) is 2.86. The van der Waals surface area contributed by atoms with Crippen molar-refractivity contribution >= 4 is 27.5 Å². The second-order valence-electron chi connectivity index (χ2n) is 6.11. The summed E-state index contributed by atoms with van der Waals surface area (Å²) in [6, 6.07) is 6.14. The second kappa shape index (κ2) is 9.00. The van der Waals surface area contributed by atoms with Gasteiger partial charge in [0.1, 0.15) is 11.8 Å². The zero-order valence-corrected chi connectivity index (χ0v) is 15.8. The normalized spacial score (nSPS) is 18.2. The van der Waals surface area contributed by atoms with Gasteiger partial charge in [0.2, 0.25) is 21.8 Å². The van der Waals surface area contributed by atoms with Crippen LogP contribution in [-0.2, 0) is 19.6 Å². The summed E-state index contributed by atoms with van der Waals surface area (Å²) in [7, 11) is -3.46. The molecule has 0 saturated carbocycles. The van der Waals surface area contributed by atoms with E-state index in [1.165, 1.54) is 4.31 Å². The van der Waals surface area contributed by atoms with Gasteiger partial charge in [0, 0.05) is 12.2 Å². The first-order valence-corrected chi connectivity index (χ1v) is 10.4. The zero-order chi connectivity index (χ0) is 19.2. The molecule has 2 N–H and O–H groups in total. The number of amides is 2. The Morgan fingerprint density at radius 1 is 1.23 bits per heavy atom. The van der Waals surface area contributed by atoms with Crippen LogP contribution in [0.1, 0.15) is 26.2 Å². The lowest BCUT2D eigenvalue weighted by Crippen LogP contribution is -2.52. The summed E-state index contributed by atoms with van der Waals surface area (Å²) in [5.74, 6) is -0.127. The fourth-order valence-corrected chi connectivity index (χ4v) is 3.98. The average Bonchev–Trinajstić information content (AvgIpc) is 2.61. The predicted molar refractivity (Wildman–Crippen MR) is 98.4 cm³/mol. The van der Waals surface area contributed by atoms with Crippen molar-refractivity contribution in [2.75, 3.05) is 31.3 Å². The molecule has 0 aromatic heterocycles. The number of piperidine rings is 1. The van der Waals surface area contributed by atoms with Gasteiger partial charge in [-0.1, -0.05) is 6.42 Å². The van der Waals surface area contributed by atoms with Gasteiger partial charge in [-0.15, -0.1) is 0 Å². The standard InChI is InChI=1S/C17H25N3O5S/c1-3-25-14-9-7-13(8-10-14)19-16(21)12-18-17(22)15-6-4-5-11-20(15)26(2,23)24/h7-10,15H,3-6,11-12H2,1-2H3,(H,18,22)(H,19,21). The Balaban J connectivity index is 1.86. The van der Waals surface area contributed by atoms with E-state index in [9.17, 15) is 18.0 Å². The van der Waals surface area contributed by atoms with Crippen molar-refractivity contribution in [3.8, 4) is 5.75 Å². The second-order valence-corrected chi connectivity index (χ2v) is 8.04. The Kier molecular flexibility index (Phi) is 6.98. The minimum absolute atomic E-state index is 0.222. The summed E-state index contributed by atoms with van der Waals surface area (Å²) in [4.78, 5) is 24.3. The molecule has 2 rings (SSSR count). The Morgan fingerprint density at radius 3 is 2.54 bits per heavy atom. The van der Waals surface area contributed by atoms with Crippen LogP contribution in [0, 0.1) is 0 Å². The highest BCUT2D eigenvalue weighted by atomic mass is 32.2. The Morgan fingerprint density at radius 2 is 1.92 bits per heavy atom. The van der Waals surface area contributed by atoms with E-state index in [-0.39, 0.29) is 12.5 Å². The maximum absolute atomic E-state index is 12.3. The monoisotopic (exact) mass is 383 g/mol. The van der Waals surface area contributed by atoms with Gasteiger partial charge in [-0.05, 0) is 44.0 Å². The molecule has 26 heavy (non-hydrogen) atoms. The molecule has 1 aromatic rings. The molecule has 1 saturated heterocycles. The third-order valence-electron chi connectivity index (χ3n) is 4.05. The highest BCUT2D eigenvalue weighted by Crippen LogP contribution is 2.20. The lowest BCUT2D eigenvalue weighted by atomic mass is 10.0. The molecular weight excluding hydrogens is 358 g/mol. The van der Waals surface area contributed by atoms with Gasteiger partial charge in [-0.2, -0.15) is 4.31 Å². The molecule has 1 unspecified atom stereocenters. The molecule has 1 fully saturated rings. The number of sulfonamides is 1. The number of carbonyl (C=O) groups excluding carboxylic acids is 2. The molecule has 0 spiro atoms. The quantitative estimate of drug-likeness (QED) is 0.730. The van der Waals surface area contributed by atoms with Gasteiger partial charge < -0.3 is 15.4 Å². The number of nitrogens with one attached hydrogen (secondary N) is 2. The van der Waals surface area contributed by atoms with Crippen molar-refractivity contribution in [1.29, 1.82) is 0 Å². The Bertz CT molecular complexity index is 733. The van der Waals surface area contributed by atoms with Crippen LogP contribution in [0.2, 0.25) is 0 Å². The number of benzene rings is 1. The molecule has 1 aliphatic heterocycles. The number of nitrogens with zero attached hydrogens (tertiary/aromatic N) is 1. The van der Waals surface area contributed by atoms with Crippen molar-refractivity contribution in [1.82, 2.24) is 9.62 Å². The lowest BCUT2D eigenvalue weighted by Gasteiger charge is -2.32. The van der Waals surface area contributed by atoms with E-state index in [0.717, 1.165) is 19.1 Å². The molecule has 8 nitrogen and oxygen atoms in total. The van der Waals surface area contributed by atoms with Crippen LogP contribution < -0.4 is 15.4 Å². The largest absolute Gasteiger partial charge is 0.494 e. The molecule has 1 atom stereocenters. The van der Waals surface area contributed by atoms with Crippen LogP contribution in [0.15, 0.2) is 24.3 Å². The highest BCUT2D eigenvalue weighted by molar-refractivity contribution is 7.88. The maximum atomic E-state index is 12.3. The number of carbonyl (C=O) groups is 2. The Labute approximate surface area is 153 Å². The van der Waals surface area contributed by atoms with E-state index in [0.29, 0.717) is 31.0 Å². The molecule has 9 heteroatoms. The fraction of sp³-hybridized carbons (Fsp3) is 0.529. The van der Waals surface area contributed by atoms with Crippen molar-refractivity contribution in [2.24, 2.45) is 0 Å². The van der Waals surface area contributed by atoms with E-state index in [2.05, 4.69) is 10.6 Å². The summed E-state index contributed by atoms with van der Waals surface area (Å²) in [5.41, 5.74) is 0.586. The summed E-state index contributed by atoms with van der Waals surface area (Å²) in [6.45, 7) is 2.55. The van der Waals surface area contributed by atoms with Crippen molar-refractivity contribution in [3.63, 3.8) is 0 Å². The van der Waals surface area contributed by atoms with Gasteiger partial charge in [-0.25, -0.2) is 8.42 Å². The number of hydrogen-bond acceptors (Lipinski definition) is 5. The minimum Gasteiger partial charge on any atom is -0.494 e. The number of ether oxygens (including phenoxy) is 1. The van der Waals surface area contributed by atoms with Crippen LogP contribution >= 0.6 is 0 Å². The Hall–Kier alpha value is -2.13. The predicted octanol–water partition coefficient (Wildman–Crippen LogP) is 0.954. The number of rotatable bonds is 7. The van der Waals surface area contributed by atoms with Crippen molar-refractivity contribution < 1.29 is 22.7 Å². The molecule has 1 aliphatic rings. The summed E-state index contributed by atoms with van der Waals surface area (Å²) in [6.07, 6.45) is 3.06.